The van der Waals surface area contributed by atoms with E-state index in [9.17, 15) is 9.90 Å². The number of hydrogen-bond acceptors (Lipinski definition) is 2. The molecule has 1 aromatic heterocycles. The van der Waals surface area contributed by atoms with Crippen LogP contribution >= 0.6 is 0 Å². The van der Waals surface area contributed by atoms with E-state index < -0.39 is 0 Å². The van der Waals surface area contributed by atoms with Crippen LogP contribution in [0.15, 0.2) is 42.6 Å². The van der Waals surface area contributed by atoms with Gasteiger partial charge in [-0.05, 0) is 48.6 Å². The molecular weight excluding hydrogens is 262 g/mol. The molecule has 0 unspecified atom stereocenters. The molecule has 3 rings (SSSR count). The van der Waals surface area contributed by atoms with E-state index in [0.29, 0.717) is 5.75 Å². The molecule has 106 valence electrons. The smallest absolute Gasteiger partial charge is 0.218 e. The van der Waals surface area contributed by atoms with E-state index >= 15 is 0 Å². The number of rotatable bonds is 3. The first-order valence-corrected chi connectivity index (χ1v) is 6.93. The molecule has 0 aliphatic heterocycles. The fourth-order valence-electron chi connectivity index (χ4n) is 2.87. The topological polar surface area (TPSA) is 42.2 Å². The number of fused-ring (bicyclic) bond motifs is 1. The van der Waals surface area contributed by atoms with Crippen LogP contribution in [0, 0.1) is 13.8 Å². The van der Waals surface area contributed by atoms with E-state index in [1.165, 1.54) is 0 Å². The van der Waals surface area contributed by atoms with Gasteiger partial charge < -0.3 is 5.11 Å². The van der Waals surface area contributed by atoms with Crippen molar-refractivity contribution in [1.82, 2.24) is 4.57 Å². The predicted molar refractivity (Wildman–Crippen MR) is 84.5 cm³/mol. The van der Waals surface area contributed by atoms with Crippen molar-refractivity contribution >= 4 is 17.3 Å². The molecule has 0 radical (unpaired) electrons. The summed E-state index contributed by atoms with van der Waals surface area (Å²) in [5.74, 6) is 0.356. The largest absolute Gasteiger partial charge is 0.507 e. The number of aromatic nitrogens is 1. The van der Waals surface area contributed by atoms with Crippen LogP contribution in [0.3, 0.4) is 0 Å². The van der Waals surface area contributed by atoms with Gasteiger partial charge >= 0.3 is 0 Å². The number of benzene rings is 2. The van der Waals surface area contributed by atoms with Crippen molar-refractivity contribution in [3.8, 4) is 5.75 Å². The quantitative estimate of drug-likeness (QED) is 0.744. The lowest BCUT2D eigenvalue weighted by atomic mass is 9.99. The third-order valence-electron chi connectivity index (χ3n) is 3.88. The number of aromatic hydroxyl groups is 1. The molecule has 0 spiro atoms. The maximum absolute atomic E-state index is 11.2. The fraction of sp³-hybridized carbons (Fsp3) is 0.167. The highest BCUT2D eigenvalue weighted by Gasteiger charge is 2.10. The molecule has 3 nitrogen and oxygen atoms in total. The van der Waals surface area contributed by atoms with Gasteiger partial charge in [-0.1, -0.05) is 30.3 Å². The van der Waals surface area contributed by atoms with Gasteiger partial charge in [0.05, 0.1) is 5.52 Å². The molecule has 0 aliphatic carbocycles. The maximum atomic E-state index is 11.2. The molecule has 2 aromatic carbocycles. The summed E-state index contributed by atoms with van der Waals surface area (Å²) in [6, 6.07) is 11.9. The number of hydrogen-bond donors (Lipinski definition) is 1. The third-order valence-corrected chi connectivity index (χ3v) is 3.88. The molecule has 0 saturated heterocycles. The van der Waals surface area contributed by atoms with Crippen molar-refractivity contribution in [2.24, 2.45) is 0 Å². The van der Waals surface area contributed by atoms with Crippen molar-refractivity contribution in [3.05, 3.63) is 64.8 Å². The van der Waals surface area contributed by atoms with Crippen molar-refractivity contribution in [2.45, 2.75) is 20.3 Å². The second-order valence-corrected chi connectivity index (χ2v) is 5.44. The van der Waals surface area contributed by atoms with Gasteiger partial charge in [0.2, 0.25) is 6.41 Å². The number of phenolic OH excluding ortho intramolecular Hbond substituents is 1. The number of aryl methyl sites for hydroxylation is 2. The lowest BCUT2D eigenvalue weighted by molar-refractivity contribution is 0.466. The van der Waals surface area contributed by atoms with Crippen LogP contribution in [0.5, 0.6) is 5.75 Å². The van der Waals surface area contributed by atoms with E-state index in [2.05, 4.69) is 0 Å². The average Bonchev–Trinajstić information content (AvgIpc) is 2.83. The van der Waals surface area contributed by atoms with Gasteiger partial charge in [0.25, 0.3) is 0 Å². The Balaban J connectivity index is 2.08. The third kappa shape index (κ3) is 2.31. The zero-order valence-corrected chi connectivity index (χ0v) is 12.1. The summed E-state index contributed by atoms with van der Waals surface area (Å²) >= 11 is 0. The van der Waals surface area contributed by atoms with E-state index in [1.54, 1.807) is 4.57 Å². The Morgan fingerprint density at radius 1 is 1.14 bits per heavy atom. The molecule has 0 fully saturated rings. The summed E-state index contributed by atoms with van der Waals surface area (Å²) in [4.78, 5) is 11.2. The molecule has 0 amide bonds. The zero-order valence-electron chi connectivity index (χ0n) is 12.1. The SMILES string of the molecule is Cc1cc(Cc2cn(C=O)c3ccccc23)cc(C)c1O. The summed E-state index contributed by atoms with van der Waals surface area (Å²) in [6.45, 7) is 3.81. The molecule has 1 heterocycles. The molecule has 0 aliphatic rings. The van der Waals surface area contributed by atoms with Gasteiger partial charge in [-0.25, -0.2) is 0 Å². The van der Waals surface area contributed by atoms with E-state index in [4.69, 9.17) is 0 Å². The standard InChI is InChI=1S/C18H17NO2/c1-12-7-14(8-13(2)18(12)21)9-15-10-19(11-20)17-6-4-3-5-16(15)17/h3-8,10-11,21H,9H2,1-2H3. The van der Waals surface area contributed by atoms with E-state index in [-0.39, 0.29) is 0 Å². The minimum absolute atomic E-state index is 0.356. The molecule has 21 heavy (non-hydrogen) atoms. The van der Waals surface area contributed by atoms with Crippen LogP contribution in [0.25, 0.3) is 10.9 Å². The molecule has 0 saturated carbocycles. The van der Waals surface area contributed by atoms with Gasteiger partial charge in [0, 0.05) is 11.6 Å². The van der Waals surface area contributed by atoms with Crippen LogP contribution in [0.2, 0.25) is 0 Å². The molecule has 1 N–H and O–H groups in total. The van der Waals surface area contributed by atoms with Crippen LogP contribution in [0.4, 0.5) is 0 Å². The van der Waals surface area contributed by atoms with Crippen molar-refractivity contribution in [2.75, 3.05) is 0 Å². The minimum atomic E-state index is 0.356. The Morgan fingerprint density at radius 2 is 1.81 bits per heavy atom. The van der Waals surface area contributed by atoms with Gasteiger partial charge in [0.1, 0.15) is 5.75 Å². The number of nitrogens with zero attached hydrogens (tertiary/aromatic N) is 1. The second kappa shape index (κ2) is 5.09. The lowest BCUT2D eigenvalue weighted by Gasteiger charge is -2.07. The van der Waals surface area contributed by atoms with Gasteiger partial charge in [0.15, 0.2) is 0 Å². The Hall–Kier alpha value is -2.55. The van der Waals surface area contributed by atoms with Gasteiger partial charge in [-0.2, -0.15) is 0 Å². The first kappa shape index (κ1) is 13.4. The first-order valence-electron chi connectivity index (χ1n) is 6.93. The number of para-hydroxylation sites is 1. The Kier molecular flexibility index (Phi) is 3.26. The second-order valence-electron chi connectivity index (χ2n) is 5.44. The Bertz CT molecular complexity index is 807. The summed E-state index contributed by atoms with van der Waals surface area (Å²) in [5.41, 5.74) is 4.93. The summed E-state index contributed by atoms with van der Waals surface area (Å²) < 4.78 is 1.62. The Labute approximate surface area is 123 Å². The highest BCUT2D eigenvalue weighted by molar-refractivity contribution is 5.88. The van der Waals surface area contributed by atoms with Crippen molar-refractivity contribution in [1.29, 1.82) is 0 Å². The summed E-state index contributed by atoms with van der Waals surface area (Å²) in [7, 11) is 0. The zero-order chi connectivity index (χ0) is 15.0. The van der Waals surface area contributed by atoms with Crippen LogP contribution in [-0.4, -0.2) is 16.1 Å². The number of carbonyl (C=O) groups excluding carboxylic acids is 1. The van der Waals surface area contributed by atoms with Crippen molar-refractivity contribution < 1.29 is 9.90 Å². The minimum Gasteiger partial charge on any atom is -0.507 e. The lowest BCUT2D eigenvalue weighted by Crippen LogP contribution is -1.92. The molecule has 0 bridgehead atoms. The summed E-state index contributed by atoms with van der Waals surface area (Å²) in [5, 5.41) is 11.0. The van der Waals surface area contributed by atoms with Crippen molar-refractivity contribution in [3.63, 3.8) is 0 Å². The highest BCUT2D eigenvalue weighted by Crippen LogP contribution is 2.27. The monoisotopic (exact) mass is 279 g/mol. The molecule has 0 atom stereocenters. The van der Waals surface area contributed by atoms with Gasteiger partial charge in [-0.3, -0.25) is 9.36 Å². The van der Waals surface area contributed by atoms with Gasteiger partial charge in [-0.15, -0.1) is 0 Å². The number of carbonyl (C=O) groups is 1. The fourth-order valence-corrected chi connectivity index (χ4v) is 2.87. The average molecular weight is 279 g/mol. The normalized spacial score (nSPS) is 11.0. The Morgan fingerprint density at radius 3 is 2.48 bits per heavy atom. The van der Waals surface area contributed by atoms with Crippen LogP contribution in [-0.2, 0) is 11.2 Å². The molecule has 3 heteroatoms. The first-order chi connectivity index (χ1) is 10.1. The van der Waals surface area contributed by atoms with E-state index in [1.807, 2.05) is 56.4 Å². The predicted octanol–water partition coefficient (Wildman–Crippen LogP) is 3.59. The summed E-state index contributed by atoms with van der Waals surface area (Å²) in [6.07, 6.45) is 3.46. The van der Waals surface area contributed by atoms with Crippen LogP contribution < -0.4 is 0 Å². The molecule has 3 aromatic rings. The molecular formula is C18H17NO2. The van der Waals surface area contributed by atoms with Crippen LogP contribution in [0.1, 0.15) is 22.3 Å². The number of phenols is 1. The maximum Gasteiger partial charge on any atom is 0.218 e. The van der Waals surface area contributed by atoms with E-state index in [0.717, 1.165) is 46.0 Å². The highest BCUT2D eigenvalue weighted by atomic mass is 16.3.